The summed E-state index contributed by atoms with van der Waals surface area (Å²) in [5.74, 6) is 0.110. The number of carbonyl (C=O) groups excluding carboxylic acids is 1. The normalized spacial score (nSPS) is 13.3. The van der Waals surface area contributed by atoms with Crippen molar-refractivity contribution in [3.63, 3.8) is 0 Å². The Morgan fingerprint density at radius 2 is 1.47 bits per heavy atom. The first-order valence-corrected chi connectivity index (χ1v) is 14.9. The van der Waals surface area contributed by atoms with Gasteiger partial charge >= 0.3 is 0 Å². The molecule has 34 heavy (non-hydrogen) atoms. The Bertz CT molecular complexity index is 816. The van der Waals surface area contributed by atoms with Crippen molar-refractivity contribution < 1.29 is 14.3 Å². The summed E-state index contributed by atoms with van der Waals surface area (Å²) in [4.78, 5) is 12.0. The number of rotatable bonds is 15. The summed E-state index contributed by atoms with van der Waals surface area (Å²) >= 11 is 0. The van der Waals surface area contributed by atoms with Gasteiger partial charge in [0, 0.05) is 13.0 Å². The SMILES string of the molecule is CCCCCCCC(=O)/C=C/C(O)CCCO[Si](c1ccccc1)(c1ccccc1)C(C)(C)C. The van der Waals surface area contributed by atoms with Crippen LogP contribution in [-0.4, -0.2) is 31.9 Å². The highest BCUT2D eigenvalue weighted by atomic mass is 28.4. The second-order valence-corrected chi connectivity index (χ2v) is 14.5. The first-order valence-electron chi connectivity index (χ1n) is 13.0. The molecule has 0 spiro atoms. The van der Waals surface area contributed by atoms with Crippen molar-refractivity contribution in [3.8, 4) is 0 Å². The van der Waals surface area contributed by atoms with E-state index >= 15 is 0 Å². The molecule has 0 aliphatic rings. The highest BCUT2D eigenvalue weighted by Crippen LogP contribution is 2.36. The Balaban J connectivity index is 1.97. The maximum atomic E-state index is 12.0. The third-order valence-electron chi connectivity index (χ3n) is 6.41. The molecular formula is C30H44O3Si. The van der Waals surface area contributed by atoms with E-state index < -0.39 is 14.4 Å². The van der Waals surface area contributed by atoms with Gasteiger partial charge in [-0.15, -0.1) is 0 Å². The molecule has 3 nitrogen and oxygen atoms in total. The quantitative estimate of drug-likeness (QED) is 0.188. The summed E-state index contributed by atoms with van der Waals surface area (Å²) in [6.07, 6.45) is 10.2. The number of ketones is 1. The molecule has 186 valence electrons. The van der Waals surface area contributed by atoms with Crippen LogP contribution < -0.4 is 10.4 Å². The van der Waals surface area contributed by atoms with Crippen molar-refractivity contribution in [2.24, 2.45) is 0 Å². The standard InChI is InChI=1S/C30H44O3Si/c1-5-6-7-8-11-17-26(31)23-24-27(32)18-16-25-33-34(30(2,3)4,28-19-12-9-13-20-28)29-21-14-10-15-22-29/h9-10,12-15,19-24,27,32H,5-8,11,16-18,25H2,1-4H3/b24-23+. The molecule has 1 N–H and O–H groups in total. The number of allylic oxidation sites excluding steroid dienone is 1. The maximum absolute atomic E-state index is 12.0. The van der Waals surface area contributed by atoms with E-state index in [9.17, 15) is 9.90 Å². The fraction of sp³-hybridized carbons (Fsp3) is 0.500. The minimum absolute atomic E-state index is 0.0578. The molecule has 1 atom stereocenters. The number of unbranched alkanes of at least 4 members (excludes halogenated alkanes) is 4. The molecular weight excluding hydrogens is 436 g/mol. The van der Waals surface area contributed by atoms with Crippen molar-refractivity contribution in [3.05, 3.63) is 72.8 Å². The molecule has 0 radical (unpaired) electrons. The molecule has 4 heteroatoms. The summed E-state index contributed by atoms with van der Waals surface area (Å²) < 4.78 is 6.86. The Kier molecular flexibility index (Phi) is 12.0. The molecule has 2 aromatic carbocycles. The zero-order valence-electron chi connectivity index (χ0n) is 21.6. The lowest BCUT2D eigenvalue weighted by molar-refractivity contribution is -0.114. The van der Waals surface area contributed by atoms with Gasteiger partial charge in [-0.1, -0.05) is 120 Å². The maximum Gasteiger partial charge on any atom is 0.261 e. The Labute approximate surface area is 208 Å². The van der Waals surface area contributed by atoms with Crippen LogP contribution in [0, 0.1) is 0 Å². The van der Waals surface area contributed by atoms with Crippen LogP contribution in [0.5, 0.6) is 0 Å². The van der Waals surface area contributed by atoms with Gasteiger partial charge in [-0.25, -0.2) is 0 Å². The second kappa shape index (κ2) is 14.4. The highest BCUT2D eigenvalue weighted by Gasteiger charge is 2.49. The van der Waals surface area contributed by atoms with Crippen LogP contribution in [0.3, 0.4) is 0 Å². The molecule has 0 aromatic heterocycles. The smallest absolute Gasteiger partial charge is 0.261 e. The third kappa shape index (κ3) is 8.33. The van der Waals surface area contributed by atoms with Gasteiger partial charge in [0.25, 0.3) is 8.32 Å². The molecule has 0 aliphatic carbocycles. The van der Waals surface area contributed by atoms with Gasteiger partial charge in [0.15, 0.2) is 5.78 Å². The second-order valence-electron chi connectivity index (χ2n) is 10.2. The zero-order chi connectivity index (χ0) is 24.9. The van der Waals surface area contributed by atoms with Crippen LogP contribution >= 0.6 is 0 Å². The Morgan fingerprint density at radius 3 is 2.00 bits per heavy atom. The van der Waals surface area contributed by atoms with E-state index in [0.29, 0.717) is 19.4 Å². The summed E-state index contributed by atoms with van der Waals surface area (Å²) in [5.41, 5.74) is 0. The lowest BCUT2D eigenvalue weighted by atomic mass is 10.1. The van der Waals surface area contributed by atoms with E-state index in [2.05, 4.69) is 76.2 Å². The van der Waals surface area contributed by atoms with E-state index in [1.165, 1.54) is 29.6 Å². The molecule has 0 aliphatic heterocycles. The monoisotopic (exact) mass is 480 g/mol. The Morgan fingerprint density at radius 1 is 0.912 bits per heavy atom. The molecule has 0 fully saturated rings. The van der Waals surface area contributed by atoms with Gasteiger partial charge in [-0.2, -0.15) is 0 Å². The average molecular weight is 481 g/mol. The van der Waals surface area contributed by atoms with Crippen LogP contribution in [0.25, 0.3) is 0 Å². The molecule has 0 saturated heterocycles. The number of carbonyl (C=O) groups is 1. The van der Waals surface area contributed by atoms with Gasteiger partial charge in [-0.05, 0) is 40.8 Å². The first-order chi connectivity index (χ1) is 16.3. The molecule has 2 rings (SSSR count). The van der Waals surface area contributed by atoms with Crippen molar-refractivity contribution in [2.45, 2.75) is 90.2 Å². The number of hydrogen-bond acceptors (Lipinski definition) is 3. The summed E-state index contributed by atoms with van der Waals surface area (Å²) in [7, 11) is -2.54. The van der Waals surface area contributed by atoms with Crippen LogP contribution in [-0.2, 0) is 9.22 Å². The number of hydrogen-bond donors (Lipinski definition) is 1. The topological polar surface area (TPSA) is 46.5 Å². The lowest BCUT2D eigenvalue weighted by Crippen LogP contribution is -2.66. The van der Waals surface area contributed by atoms with Gasteiger partial charge in [-0.3, -0.25) is 4.79 Å². The molecule has 1 unspecified atom stereocenters. The molecule has 2 aromatic rings. The molecule has 0 saturated carbocycles. The lowest BCUT2D eigenvalue weighted by Gasteiger charge is -2.43. The molecule has 0 bridgehead atoms. The summed E-state index contributed by atoms with van der Waals surface area (Å²) in [6.45, 7) is 9.57. The van der Waals surface area contributed by atoms with Crippen molar-refractivity contribution in [2.75, 3.05) is 6.61 Å². The highest BCUT2D eigenvalue weighted by molar-refractivity contribution is 6.99. The van der Waals surface area contributed by atoms with Crippen LogP contribution in [0.4, 0.5) is 0 Å². The van der Waals surface area contributed by atoms with Crippen LogP contribution in [0.2, 0.25) is 5.04 Å². The molecule has 0 heterocycles. The minimum atomic E-state index is -2.54. The van der Waals surface area contributed by atoms with Gasteiger partial charge in [0.2, 0.25) is 0 Å². The van der Waals surface area contributed by atoms with Crippen molar-refractivity contribution in [1.82, 2.24) is 0 Å². The predicted octanol–water partition coefficient (Wildman–Crippen LogP) is 6.19. The van der Waals surface area contributed by atoms with Gasteiger partial charge in [0.05, 0.1) is 6.10 Å². The number of aliphatic hydroxyl groups excluding tert-OH is 1. The minimum Gasteiger partial charge on any atom is -0.407 e. The van der Waals surface area contributed by atoms with E-state index in [-0.39, 0.29) is 10.8 Å². The fourth-order valence-electron chi connectivity index (χ4n) is 4.58. The largest absolute Gasteiger partial charge is 0.407 e. The van der Waals surface area contributed by atoms with E-state index in [0.717, 1.165) is 19.3 Å². The Hall–Kier alpha value is -2.01. The first kappa shape index (κ1) is 28.2. The molecule has 0 amide bonds. The summed E-state index contributed by atoms with van der Waals surface area (Å²) in [5, 5.41) is 12.8. The van der Waals surface area contributed by atoms with Crippen molar-refractivity contribution in [1.29, 1.82) is 0 Å². The summed E-state index contributed by atoms with van der Waals surface area (Å²) in [6, 6.07) is 21.2. The number of benzene rings is 2. The van der Waals surface area contributed by atoms with E-state index in [1.54, 1.807) is 12.2 Å². The fourth-order valence-corrected chi connectivity index (χ4v) is 9.19. The van der Waals surface area contributed by atoms with Crippen LogP contribution in [0.1, 0.15) is 79.1 Å². The zero-order valence-corrected chi connectivity index (χ0v) is 22.6. The predicted molar refractivity (Wildman–Crippen MR) is 146 cm³/mol. The van der Waals surface area contributed by atoms with Crippen molar-refractivity contribution >= 4 is 24.5 Å². The third-order valence-corrected chi connectivity index (χ3v) is 11.5. The number of aliphatic hydroxyl groups is 1. The van der Waals surface area contributed by atoms with E-state index in [1.807, 2.05) is 12.1 Å². The van der Waals surface area contributed by atoms with Gasteiger partial charge < -0.3 is 9.53 Å². The average Bonchev–Trinajstić information content (AvgIpc) is 2.83. The van der Waals surface area contributed by atoms with Gasteiger partial charge in [0.1, 0.15) is 0 Å². The van der Waals surface area contributed by atoms with Crippen LogP contribution in [0.15, 0.2) is 72.8 Å². The van der Waals surface area contributed by atoms with E-state index in [4.69, 9.17) is 4.43 Å².